The number of thiophene rings is 1. The lowest BCUT2D eigenvalue weighted by molar-refractivity contribution is 0.252. The lowest BCUT2D eigenvalue weighted by atomic mass is 10.3. The quantitative estimate of drug-likeness (QED) is 0.667. The normalized spacial score (nSPS) is 9.63. The molecule has 0 saturated heterocycles. The molecule has 0 unspecified atom stereocenters. The first-order valence-corrected chi connectivity index (χ1v) is 7.21. The molecule has 0 spiro atoms. The van der Waals surface area contributed by atoms with Gasteiger partial charge >= 0.3 is 6.03 Å². The summed E-state index contributed by atoms with van der Waals surface area (Å²) in [7, 11) is 0. The standard InChI is InChI=1S/C13H11N3OS2/c14-9-19-11-5-3-10(4-6-11)16-13(17)15-8-12-2-1-7-18-12/h1-7H,8H2,(H2,15,16,17). The van der Waals surface area contributed by atoms with Crippen molar-refractivity contribution in [1.29, 1.82) is 5.26 Å². The van der Waals surface area contributed by atoms with E-state index in [1.165, 1.54) is 0 Å². The van der Waals surface area contributed by atoms with Gasteiger partial charge in [-0.05, 0) is 47.5 Å². The Bertz CT molecular complexity index is 573. The Hall–Kier alpha value is -1.97. The summed E-state index contributed by atoms with van der Waals surface area (Å²) in [6.07, 6.45) is 0. The van der Waals surface area contributed by atoms with Crippen LogP contribution >= 0.6 is 23.1 Å². The smallest absolute Gasteiger partial charge is 0.319 e. The summed E-state index contributed by atoms with van der Waals surface area (Å²) >= 11 is 2.69. The van der Waals surface area contributed by atoms with Gasteiger partial charge in [-0.15, -0.1) is 11.3 Å². The van der Waals surface area contributed by atoms with E-state index in [4.69, 9.17) is 5.26 Å². The molecule has 19 heavy (non-hydrogen) atoms. The average molecular weight is 289 g/mol. The maximum Gasteiger partial charge on any atom is 0.319 e. The Labute approximate surface area is 119 Å². The number of urea groups is 1. The summed E-state index contributed by atoms with van der Waals surface area (Å²) in [5.41, 5.74) is 0.700. The summed E-state index contributed by atoms with van der Waals surface area (Å²) in [5.74, 6) is 0. The van der Waals surface area contributed by atoms with E-state index in [2.05, 4.69) is 10.6 Å². The van der Waals surface area contributed by atoms with Gasteiger partial charge in [-0.3, -0.25) is 0 Å². The predicted molar refractivity (Wildman–Crippen MR) is 78.1 cm³/mol. The molecule has 1 aromatic heterocycles. The molecule has 2 amide bonds. The number of carbonyl (C=O) groups excluding carboxylic acids is 1. The molecule has 2 aromatic rings. The van der Waals surface area contributed by atoms with E-state index in [0.717, 1.165) is 21.5 Å². The van der Waals surface area contributed by atoms with E-state index in [-0.39, 0.29) is 6.03 Å². The molecule has 1 aromatic carbocycles. The van der Waals surface area contributed by atoms with Crippen molar-refractivity contribution in [2.45, 2.75) is 11.4 Å². The highest BCUT2D eigenvalue weighted by molar-refractivity contribution is 8.03. The Morgan fingerprint density at radius 3 is 2.74 bits per heavy atom. The second-order valence-corrected chi connectivity index (χ2v) is 5.50. The fourth-order valence-electron chi connectivity index (χ4n) is 1.41. The van der Waals surface area contributed by atoms with Gasteiger partial charge in [0.1, 0.15) is 5.40 Å². The van der Waals surface area contributed by atoms with Crippen LogP contribution in [0.2, 0.25) is 0 Å². The van der Waals surface area contributed by atoms with Crippen LogP contribution in [0.25, 0.3) is 0 Å². The van der Waals surface area contributed by atoms with E-state index in [9.17, 15) is 4.79 Å². The fourth-order valence-corrected chi connectivity index (χ4v) is 2.44. The Morgan fingerprint density at radius 1 is 1.32 bits per heavy atom. The zero-order valence-corrected chi connectivity index (χ0v) is 11.6. The van der Waals surface area contributed by atoms with Crippen LogP contribution in [0.1, 0.15) is 4.88 Å². The zero-order chi connectivity index (χ0) is 13.5. The Kier molecular flexibility index (Phi) is 4.84. The average Bonchev–Trinajstić information content (AvgIpc) is 2.92. The molecule has 0 aliphatic carbocycles. The minimum atomic E-state index is -0.242. The van der Waals surface area contributed by atoms with Crippen molar-refractivity contribution >= 4 is 34.8 Å². The molecule has 0 bridgehead atoms. The number of anilines is 1. The molecule has 0 aliphatic rings. The molecule has 1 heterocycles. The van der Waals surface area contributed by atoms with Gasteiger partial charge in [0.2, 0.25) is 0 Å². The third-order valence-corrected chi connectivity index (χ3v) is 3.75. The van der Waals surface area contributed by atoms with E-state index in [1.807, 2.05) is 22.9 Å². The number of hydrogen-bond acceptors (Lipinski definition) is 4. The van der Waals surface area contributed by atoms with E-state index in [0.29, 0.717) is 12.2 Å². The minimum Gasteiger partial charge on any atom is -0.333 e. The molecule has 4 nitrogen and oxygen atoms in total. The fraction of sp³-hybridized carbons (Fsp3) is 0.0769. The van der Waals surface area contributed by atoms with Crippen molar-refractivity contribution in [3.05, 3.63) is 46.7 Å². The van der Waals surface area contributed by atoms with Crippen LogP contribution in [0.3, 0.4) is 0 Å². The maximum atomic E-state index is 11.6. The van der Waals surface area contributed by atoms with Crippen molar-refractivity contribution < 1.29 is 4.79 Å². The van der Waals surface area contributed by atoms with Gasteiger partial charge in [0.25, 0.3) is 0 Å². The van der Waals surface area contributed by atoms with Gasteiger partial charge < -0.3 is 10.6 Å². The minimum absolute atomic E-state index is 0.242. The molecule has 0 aliphatic heterocycles. The monoisotopic (exact) mass is 289 g/mol. The predicted octanol–water partition coefficient (Wildman–Crippen LogP) is 3.64. The first-order valence-electron chi connectivity index (χ1n) is 5.51. The number of nitriles is 1. The number of hydrogen-bond donors (Lipinski definition) is 2. The second-order valence-electron chi connectivity index (χ2n) is 3.60. The SMILES string of the molecule is N#CSc1ccc(NC(=O)NCc2cccs2)cc1. The molecule has 2 rings (SSSR count). The lowest BCUT2D eigenvalue weighted by Gasteiger charge is -2.06. The summed E-state index contributed by atoms with van der Waals surface area (Å²) in [6.45, 7) is 0.520. The Morgan fingerprint density at radius 2 is 2.11 bits per heavy atom. The highest BCUT2D eigenvalue weighted by atomic mass is 32.2. The van der Waals surface area contributed by atoms with Crippen LogP contribution in [0, 0.1) is 10.7 Å². The van der Waals surface area contributed by atoms with Gasteiger partial charge in [0, 0.05) is 15.5 Å². The summed E-state index contributed by atoms with van der Waals surface area (Å²) in [6, 6.07) is 10.8. The number of carbonyl (C=O) groups is 1. The summed E-state index contributed by atoms with van der Waals surface area (Å²) in [4.78, 5) is 13.6. The van der Waals surface area contributed by atoms with Crippen molar-refractivity contribution in [2.24, 2.45) is 0 Å². The highest BCUT2D eigenvalue weighted by Crippen LogP contribution is 2.18. The Balaban J connectivity index is 1.83. The molecule has 2 N–H and O–H groups in total. The van der Waals surface area contributed by atoms with E-state index in [1.54, 1.807) is 35.6 Å². The number of thiocyanates is 1. The molecule has 0 atom stereocenters. The van der Waals surface area contributed by atoms with Crippen LogP contribution in [0.15, 0.2) is 46.7 Å². The number of nitrogens with one attached hydrogen (secondary N) is 2. The summed E-state index contributed by atoms with van der Waals surface area (Å²) < 4.78 is 0. The molecule has 0 saturated carbocycles. The number of amides is 2. The first kappa shape index (κ1) is 13.5. The highest BCUT2D eigenvalue weighted by Gasteiger charge is 2.02. The second kappa shape index (κ2) is 6.83. The van der Waals surface area contributed by atoms with E-state index < -0.39 is 0 Å². The van der Waals surface area contributed by atoms with Crippen molar-refractivity contribution in [1.82, 2.24) is 5.32 Å². The van der Waals surface area contributed by atoms with Gasteiger partial charge in [-0.2, -0.15) is 5.26 Å². The van der Waals surface area contributed by atoms with E-state index >= 15 is 0 Å². The third-order valence-electron chi connectivity index (χ3n) is 2.28. The molecule has 96 valence electrons. The number of thioether (sulfide) groups is 1. The van der Waals surface area contributed by atoms with Crippen LogP contribution in [-0.2, 0) is 6.54 Å². The van der Waals surface area contributed by atoms with Crippen molar-refractivity contribution in [3.8, 4) is 5.40 Å². The van der Waals surface area contributed by atoms with Crippen LogP contribution < -0.4 is 10.6 Å². The van der Waals surface area contributed by atoms with Crippen LogP contribution in [0.4, 0.5) is 10.5 Å². The van der Waals surface area contributed by atoms with Crippen LogP contribution in [-0.4, -0.2) is 6.03 Å². The maximum absolute atomic E-state index is 11.6. The molecule has 0 fully saturated rings. The zero-order valence-electron chi connectivity index (χ0n) is 9.92. The first-order chi connectivity index (χ1) is 9.28. The number of rotatable bonds is 4. The topological polar surface area (TPSA) is 64.9 Å². The number of benzene rings is 1. The largest absolute Gasteiger partial charge is 0.333 e. The molecule has 0 radical (unpaired) electrons. The third kappa shape index (κ3) is 4.32. The van der Waals surface area contributed by atoms with Gasteiger partial charge in [-0.25, -0.2) is 4.79 Å². The van der Waals surface area contributed by atoms with Crippen LogP contribution in [0.5, 0.6) is 0 Å². The van der Waals surface area contributed by atoms with Gasteiger partial charge in [0.05, 0.1) is 6.54 Å². The van der Waals surface area contributed by atoms with Crippen molar-refractivity contribution in [3.63, 3.8) is 0 Å². The van der Waals surface area contributed by atoms with Crippen molar-refractivity contribution in [2.75, 3.05) is 5.32 Å². The number of nitrogens with zero attached hydrogens (tertiary/aromatic N) is 1. The summed E-state index contributed by atoms with van der Waals surface area (Å²) in [5, 5.41) is 18.0. The molecule has 6 heteroatoms. The molecular weight excluding hydrogens is 278 g/mol. The van der Waals surface area contributed by atoms with Gasteiger partial charge in [-0.1, -0.05) is 6.07 Å². The van der Waals surface area contributed by atoms with Gasteiger partial charge in [0.15, 0.2) is 0 Å². The lowest BCUT2D eigenvalue weighted by Crippen LogP contribution is -2.27. The molecular formula is C13H11N3OS2.